The maximum atomic E-state index is 12.7. The second kappa shape index (κ2) is 10.7. The van der Waals surface area contributed by atoms with Gasteiger partial charge >= 0.3 is 0 Å². The van der Waals surface area contributed by atoms with Gasteiger partial charge in [0, 0.05) is 11.6 Å². The van der Waals surface area contributed by atoms with Crippen LogP contribution in [0.25, 0.3) is 0 Å². The van der Waals surface area contributed by atoms with Gasteiger partial charge in [0.1, 0.15) is 18.1 Å². The lowest BCUT2D eigenvalue weighted by atomic mass is 9.69. The highest BCUT2D eigenvalue weighted by Gasteiger charge is 2.41. The molecule has 1 fully saturated rings. The maximum Gasteiger partial charge on any atom is 0.140 e. The number of rotatable bonds is 9. The molecule has 2 aromatic carbocycles. The molecular weight excluding hydrogens is 406 g/mol. The van der Waals surface area contributed by atoms with Crippen molar-refractivity contribution in [3.8, 4) is 5.75 Å². The van der Waals surface area contributed by atoms with Crippen LogP contribution in [0, 0.1) is 6.92 Å². The van der Waals surface area contributed by atoms with Gasteiger partial charge in [0.15, 0.2) is 0 Å². The van der Waals surface area contributed by atoms with E-state index in [2.05, 4.69) is 49.9 Å². The second-order valence-corrected chi connectivity index (χ2v) is 9.31. The maximum absolute atomic E-state index is 12.7. The Balaban J connectivity index is 1.55. The number of aryl methyl sites for hydroxylation is 1. The van der Waals surface area contributed by atoms with E-state index in [1.165, 1.54) is 18.4 Å². The number of nitrogens with zero attached hydrogens (tertiary/aromatic N) is 1. The molecular formula is C27H36ClNO2. The molecule has 0 N–H and O–H groups in total. The largest absolute Gasteiger partial charge is 0.492 e. The summed E-state index contributed by atoms with van der Waals surface area (Å²) >= 11 is 6.26. The first-order chi connectivity index (χ1) is 14.9. The van der Waals surface area contributed by atoms with E-state index >= 15 is 0 Å². The summed E-state index contributed by atoms with van der Waals surface area (Å²) in [6, 6.07) is 14.5. The number of ether oxygens (including phenoxy) is 1. The molecule has 0 unspecified atom stereocenters. The topological polar surface area (TPSA) is 29.5 Å². The lowest BCUT2D eigenvalue weighted by molar-refractivity contribution is -0.124. The zero-order chi connectivity index (χ0) is 22.4. The number of benzene rings is 2. The van der Waals surface area contributed by atoms with Crippen molar-refractivity contribution < 1.29 is 9.53 Å². The number of hydrogen-bond acceptors (Lipinski definition) is 3. The van der Waals surface area contributed by atoms with E-state index in [1.54, 1.807) is 6.92 Å². The Labute approximate surface area is 192 Å². The quantitative estimate of drug-likeness (QED) is 0.441. The molecule has 0 bridgehead atoms. The standard InChI is InChI=1S/C27H36ClNO2/c1-5-22(6-2)23-8-11-25(12-9-23)31-18-17-29-15-13-27(14-16-29,21(4)30)26-19-24(28)10-7-20(26)3/h7-12,19,22H,5-6,13-18H2,1-4H3. The van der Waals surface area contributed by atoms with Crippen LogP contribution in [0.1, 0.15) is 69.1 Å². The first kappa shape index (κ1) is 23.8. The molecule has 0 aliphatic carbocycles. The van der Waals surface area contributed by atoms with Crippen molar-refractivity contribution in [3.63, 3.8) is 0 Å². The number of piperidine rings is 1. The van der Waals surface area contributed by atoms with Crippen molar-refractivity contribution in [1.29, 1.82) is 0 Å². The molecule has 3 nitrogen and oxygen atoms in total. The average Bonchev–Trinajstić information content (AvgIpc) is 2.78. The second-order valence-electron chi connectivity index (χ2n) is 8.87. The smallest absolute Gasteiger partial charge is 0.140 e. The molecule has 1 heterocycles. The monoisotopic (exact) mass is 441 g/mol. The summed E-state index contributed by atoms with van der Waals surface area (Å²) in [6.07, 6.45) is 3.99. The fourth-order valence-electron chi connectivity index (χ4n) is 4.97. The van der Waals surface area contributed by atoms with Crippen LogP contribution in [0.5, 0.6) is 5.75 Å². The van der Waals surface area contributed by atoms with Crippen molar-refractivity contribution in [2.75, 3.05) is 26.2 Å². The Morgan fingerprint density at radius 1 is 1.10 bits per heavy atom. The lowest BCUT2D eigenvalue weighted by Crippen LogP contribution is -2.47. The van der Waals surface area contributed by atoms with Crippen LogP contribution < -0.4 is 4.74 Å². The number of carbonyl (C=O) groups is 1. The summed E-state index contributed by atoms with van der Waals surface area (Å²) in [5.41, 5.74) is 3.22. The third-order valence-electron chi connectivity index (χ3n) is 7.11. The van der Waals surface area contributed by atoms with Gasteiger partial charge in [0.05, 0.1) is 5.41 Å². The molecule has 1 saturated heterocycles. The van der Waals surface area contributed by atoms with Gasteiger partial charge in [-0.15, -0.1) is 0 Å². The molecule has 1 aliphatic rings. The number of carbonyl (C=O) groups excluding carboxylic acids is 1. The Morgan fingerprint density at radius 3 is 2.32 bits per heavy atom. The van der Waals surface area contributed by atoms with Crippen molar-refractivity contribution in [2.24, 2.45) is 0 Å². The number of hydrogen-bond donors (Lipinski definition) is 0. The molecule has 168 valence electrons. The van der Waals surface area contributed by atoms with Gasteiger partial charge in [-0.3, -0.25) is 9.69 Å². The molecule has 0 saturated carbocycles. The van der Waals surface area contributed by atoms with E-state index < -0.39 is 5.41 Å². The molecule has 2 aromatic rings. The van der Waals surface area contributed by atoms with Gasteiger partial charge in [-0.25, -0.2) is 0 Å². The van der Waals surface area contributed by atoms with E-state index in [4.69, 9.17) is 16.3 Å². The van der Waals surface area contributed by atoms with E-state index in [0.29, 0.717) is 17.5 Å². The summed E-state index contributed by atoms with van der Waals surface area (Å²) in [7, 11) is 0. The molecule has 0 spiro atoms. The predicted molar refractivity (Wildman–Crippen MR) is 129 cm³/mol. The fraction of sp³-hybridized carbons (Fsp3) is 0.519. The first-order valence-corrected chi connectivity index (χ1v) is 12.0. The minimum absolute atomic E-state index is 0.242. The molecule has 0 amide bonds. The van der Waals surface area contributed by atoms with E-state index in [-0.39, 0.29) is 5.78 Å². The molecule has 0 atom stereocenters. The molecule has 3 rings (SSSR count). The summed E-state index contributed by atoms with van der Waals surface area (Å²) in [5, 5.41) is 0.701. The normalized spacial score (nSPS) is 16.5. The van der Waals surface area contributed by atoms with E-state index in [0.717, 1.165) is 49.4 Å². The highest BCUT2D eigenvalue weighted by Crippen LogP contribution is 2.39. The van der Waals surface area contributed by atoms with Gasteiger partial charge in [-0.2, -0.15) is 0 Å². The van der Waals surface area contributed by atoms with Gasteiger partial charge in [-0.1, -0.05) is 43.6 Å². The van der Waals surface area contributed by atoms with Crippen molar-refractivity contribution in [1.82, 2.24) is 4.90 Å². The number of likely N-dealkylation sites (tertiary alicyclic amines) is 1. The summed E-state index contributed by atoms with van der Waals surface area (Å²) in [4.78, 5) is 15.1. The predicted octanol–water partition coefficient (Wildman–Crippen LogP) is 6.55. The fourth-order valence-corrected chi connectivity index (χ4v) is 5.14. The first-order valence-electron chi connectivity index (χ1n) is 11.6. The summed E-state index contributed by atoms with van der Waals surface area (Å²) in [6.45, 7) is 11.6. The molecule has 4 heteroatoms. The Morgan fingerprint density at radius 2 is 1.74 bits per heavy atom. The van der Waals surface area contributed by atoms with Crippen LogP contribution >= 0.6 is 11.6 Å². The van der Waals surface area contributed by atoms with Crippen LogP contribution in [0.4, 0.5) is 0 Å². The van der Waals surface area contributed by atoms with Crippen LogP contribution in [-0.4, -0.2) is 36.9 Å². The summed E-state index contributed by atoms with van der Waals surface area (Å²) < 4.78 is 6.00. The van der Waals surface area contributed by atoms with Gasteiger partial charge in [-0.05, 0) is 99.5 Å². The highest BCUT2D eigenvalue weighted by atomic mass is 35.5. The Bertz CT molecular complexity index is 865. The third kappa shape index (κ3) is 5.51. The molecule has 31 heavy (non-hydrogen) atoms. The zero-order valence-electron chi connectivity index (χ0n) is 19.4. The minimum atomic E-state index is -0.419. The van der Waals surface area contributed by atoms with E-state index in [1.807, 2.05) is 18.2 Å². The van der Waals surface area contributed by atoms with Gasteiger partial charge in [0.25, 0.3) is 0 Å². The highest BCUT2D eigenvalue weighted by molar-refractivity contribution is 6.30. The zero-order valence-corrected chi connectivity index (χ0v) is 20.2. The summed E-state index contributed by atoms with van der Waals surface area (Å²) in [5.74, 6) is 1.80. The Hall–Kier alpha value is -1.84. The third-order valence-corrected chi connectivity index (χ3v) is 7.35. The lowest BCUT2D eigenvalue weighted by Gasteiger charge is -2.41. The molecule has 0 aromatic heterocycles. The number of halogens is 1. The average molecular weight is 442 g/mol. The van der Waals surface area contributed by atoms with Crippen molar-refractivity contribution in [2.45, 2.75) is 64.7 Å². The minimum Gasteiger partial charge on any atom is -0.492 e. The van der Waals surface area contributed by atoms with Gasteiger partial charge < -0.3 is 4.74 Å². The van der Waals surface area contributed by atoms with Crippen molar-refractivity contribution >= 4 is 17.4 Å². The molecule has 1 aliphatic heterocycles. The molecule has 0 radical (unpaired) electrons. The van der Waals surface area contributed by atoms with Crippen LogP contribution in [0.3, 0.4) is 0 Å². The van der Waals surface area contributed by atoms with Crippen LogP contribution in [0.15, 0.2) is 42.5 Å². The van der Waals surface area contributed by atoms with Crippen molar-refractivity contribution in [3.05, 3.63) is 64.2 Å². The Kier molecular flexibility index (Phi) is 8.18. The number of Topliss-reactive ketones (excluding diaryl/α,β-unsaturated/α-hetero) is 1. The number of ketones is 1. The van der Waals surface area contributed by atoms with Crippen LogP contribution in [-0.2, 0) is 10.2 Å². The van der Waals surface area contributed by atoms with E-state index in [9.17, 15) is 4.79 Å². The van der Waals surface area contributed by atoms with Gasteiger partial charge in [0.2, 0.25) is 0 Å². The van der Waals surface area contributed by atoms with Crippen LogP contribution in [0.2, 0.25) is 5.02 Å². The SMILES string of the molecule is CCC(CC)c1ccc(OCCN2CCC(C(C)=O)(c3cc(Cl)ccc3C)CC2)cc1.